The highest BCUT2D eigenvalue weighted by Gasteiger charge is 2.35. The van der Waals surface area contributed by atoms with E-state index >= 15 is 0 Å². The smallest absolute Gasteiger partial charge is 0.252 e. The first-order valence-electron chi connectivity index (χ1n) is 7.98. The molecule has 1 aliphatic rings. The Morgan fingerprint density at radius 1 is 1.29 bits per heavy atom. The Morgan fingerprint density at radius 3 is 2.67 bits per heavy atom. The van der Waals surface area contributed by atoms with Gasteiger partial charge in [0.1, 0.15) is 4.21 Å². The molecule has 2 heterocycles. The number of sulfonamides is 2. The van der Waals surface area contributed by atoms with E-state index in [1.165, 1.54) is 11.3 Å². The van der Waals surface area contributed by atoms with Crippen molar-refractivity contribution in [2.75, 3.05) is 25.4 Å². The first-order valence-corrected chi connectivity index (χ1v) is 11.9. The summed E-state index contributed by atoms with van der Waals surface area (Å²) in [6.45, 7) is 6.83. The summed E-state index contributed by atoms with van der Waals surface area (Å²) in [6, 6.07) is 3.37. The zero-order chi connectivity index (χ0) is 18.0. The normalized spacial score (nSPS) is 23.5. The number of nitrogens with one attached hydrogen (secondary N) is 2. The molecule has 0 radical (unpaired) electrons. The molecule has 138 valence electrons. The fourth-order valence-electron chi connectivity index (χ4n) is 2.54. The Kier molecular flexibility index (Phi) is 6.43. The van der Waals surface area contributed by atoms with Gasteiger partial charge in [0.2, 0.25) is 10.0 Å². The van der Waals surface area contributed by atoms with Crippen LogP contribution in [0, 0.1) is 0 Å². The van der Waals surface area contributed by atoms with Crippen LogP contribution in [0.2, 0.25) is 0 Å². The van der Waals surface area contributed by atoms with E-state index in [2.05, 4.69) is 10.0 Å². The monoisotopic (exact) mass is 395 g/mol. The number of piperazine rings is 1. The van der Waals surface area contributed by atoms with Crippen LogP contribution < -0.4 is 10.0 Å². The number of nitrogens with zero attached hydrogens (tertiary/aromatic N) is 1. The largest absolute Gasteiger partial charge is 0.311 e. The summed E-state index contributed by atoms with van der Waals surface area (Å²) >= 11 is 1.21. The number of hydrogen-bond donors (Lipinski definition) is 2. The molecular formula is C14H25N3O4S3. The SMILES string of the molecule is CCS(=O)(=O)NCCc1ccc(S(=O)(=O)N2CCNC(C)C2C)s1. The molecule has 0 aromatic carbocycles. The number of thiophene rings is 1. The van der Waals surface area contributed by atoms with Gasteiger partial charge in [-0.05, 0) is 39.3 Å². The molecule has 1 fully saturated rings. The molecule has 0 spiro atoms. The van der Waals surface area contributed by atoms with Crippen LogP contribution in [0.3, 0.4) is 0 Å². The molecule has 2 rings (SSSR count). The topological polar surface area (TPSA) is 95.6 Å². The quantitative estimate of drug-likeness (QED) is 0.705. The maximum atomic E-state index is 12.8. The molecular weight excluding hydrogens is 370 g/mol. The van der Waals surface area contributed by atoms with E-state index < -0.39 is 20.0 Å². The van der Waals surface area contributed by atoms with Crippen LogP contribution in [0.4, 0.5) is 0 Å². The van der Waals surface area contributed by atoms with Crippen molar-refractivity contribution >= 4 is 31.4 Å². The minimum Gasteiger partial charge on any atom is -0.311 e. The summed E-state index contributed by atoms with van der Waals surface area (Å²) in [5.74, 6) is 0.0378. The van der Waals surface area contributed by atoms with E-state index in [0.717, 1.165) is 4.88 Å². The highest BCUT2D eigenvalue weighted by atomic mass is 32.2. The van der Waals surface area contributed by atoms with Crippen LogP contribution in [0.15, 0.2) is 16.3 Å². The number of hydrogen-bond acceptors (Lipinski definition) is 6. The summed E-state index contributed by atoms with van der Waals surface area (Å²) < 4.78 is 52.8. The lowest BCUT2D eigenvalue weighted by atomic mass is 10.1. The Hall–Kier alpha value is -0.520. The van der Waals surface area contributed by atoms with Gasteiger partial charge in [-0.25, -0.2) is 21.6 Å². The molecule has 1 aliphatic heterocycles. The lowest BCUT2D eigenvalue weighted by molar-refractivity contribution is 0.233. The molecule has 1 saturated heterocycles. The molecule has 24 heavy (non-hydrogen) atoms. The molecule has 10 heteroatoms. The Balaban J connectivity index is 2.06. The van der Waals surface area contributed by atoms with E-state index in [0.29, 0.717) is 23.7 Å². The molecule has 0 saturated carbocycles. The third-order valence-corrected chi connectivity index (χ3v) is 9.25. The van der Waals surface area contributed by atoms with Crippen LogP contribution in [0.5, 0.6) is 0 Å². The maximum absolute atomic E-state index is 12.8. The molecule has 7 nitrogen and oxygen atoms in total. The van der Waals surface area contributed by atoms with Gasteiger partial charge in [-0.2, -0.15) is 4.31 Å². The molecule has 0 aliphatic carbocycles. The molecule has 0 bridgehead atoms. The second kappa shape index (κ2) is 7.79. The first-order chi connectivity index (χ1) is 11.2. The van der Waals surface area contributed by atoms with Crippen LogP contribution in [0.1, 0.15) is 25.6 Å². The third kappa shape index (κ3) is 4.55. The first kappa shape index (κ1) is 19.8. The average Bonchev–Trinajstić information content (AvgIpc) is 2.99. The predicted octanol–water partition coefficient (Wildman–Crippen LogP) is 0.601. The zero-order valence-corrected chi connectivity index (χ0v) is 16.6. The lowest BCUT2D eigenvalue weighted by Crippen LogP contribution is -2.56. The summed E-state index contributed by atoms with van der Waals surface area (Å²) in [7, 11) is -6.73. The van der Waals surface area contributed by atoms with E-state index in [4.69, 9.17) is 0 Å². The van der Waals surface area contributed by atoms with Crippen LogP contribution in [-0.2, 0) is 26.5 Å². The Bertz CT molecular complexity index is 758. The average molecular weight is 396 g/mol. The van der Waals surface area contributed by atoms with Crippen LogP contribution in [0.25, 0.3) is 0 Å². The van der Waals surface area contributed by atoms with Crippen molar-refractivity contribution in [2.45, 2.75) is 43.5 Å². The molecule has 0 amide bonds. The molecule has 1 aromatic heterocycles. The van der Waals surface area contributed by atoms with Crippen molar-refractivity contribution in [3.05, 3.63) is 17.0 Å². The summed E-state index contributed by atoms with van der Waals surface area (Å²) in [5, 5.41) is 3.27. The van der Waals surface area contributed by atoms with Gasteiger partial charge in [-0.3, -0.25) is 0 Å². The van der Waals surface area contributed by atoms with Crippen molar-refractivity contribution in [3.8, 4) is 0 Å². The van der Waals surface area contributed by atoms with Crippen molar-refractivity contribution in [1.29, 1.82) is 0 Å². The summed E-state index contributed by atoms with van der Waals surface area (Å²) in [4.78, 5) is 0.850. The standard InChI is InChI=1S/C14H25N3O4S3/c1-4-23(18,19)16-8-7-13-5-6-14(22-13)24(20,21)17-10-9-15-11(2)12(17)3/h5-6,11-12,15-16H,4,7-10H2,1-3H3. The number of rotatable bonds is 7. The zero-order valence-electron chi connectivity index (χ0n) is 14.1. The van der Waals surface area contributed by atoms with E-state index in [9.17, 15) is 16.8 Å². The third-order valence-electron chi connectivity index (χ3n) is 4.25. The maximum Gasteiger partial charge on any atom is 0.252 e. The van der Waals surface area contributed by atoms with Gasteiger partial charge < -0.3 is 5.32 Å². The van der Waals surface area contributed by atoms with Crippen LogP contribution in [-0.4, -0.2) is 58.6 Å². The van der Waals surface area contributed by atoms with Gasteiger partial charge in [-0.1, -0.05) is 0 Å². The van der Waals surface area contributed by atoms with E-state index in [1.54, 1.807) is 23.4 Å². The fraction of sp³-hybridized carbons (Fsp3) is 0.714. The molecule has 2 unspecified atom stereocenters. The predicted molar refractivity (Wildman–Crippen MR) is 96.3 cm³/mol. The second-order valence-electron chi connectivity index (χ2n) is 5.87. The van der Waals surface area contributed by atoms with Gasteiger partial charge in [-0.15, -0.1) is 11.3 Å². The summed E-state index contributed by atoms with van der Waals surface area (Å²) in [6.07, 6.45) is 0.479. The minimum absolute atomic E-state index is 0.0378. The van der Waals surface area contributed by atoms with E-state index in [-0.39, 0.29) is 24.4 Å². The van der Waals surface area contributed by atoms with Gasteiger partial charge in [0, 0.05) is 36.6 Å². The highest BCUT2D eigenvalue weighted by molar-refractivity contribution is 7.91. The highest BCUT2D eigenvalue weighted by Crippen LogP contribution is 2.27. The van der Waals surface area contributed by atoms with Crippen molar-refractivity contribution < 1.29 is 16.8 Å². The van der Waals surface area contributed by atoms with Gasteiger partial charge in [0.15, 0.2) is 0 Å². The fourth-order valence-corrected chi connectivity index (χ4v) is 6.35. The Labute approximate surface area is 148 Å². The van der Waals surface area contributed by atoms with Gasteiger partial charge in [0.25, 0.3) is 10.0 Å². The van der Waals surface area contributed by atoms with Crippen LogP contribution >= 0.6 is 11.3 Å². The molecule has 2 atom stereocenters. The molecule has 2 N–H and O–H groups in total. The van der Waals surface area contributed by atoms with Gasteiger partial charge in [0.05, 0.1) is 5.75 Å². The Morgan fingerprint density at radius 2 is 2.00 bits per heavy atom. The lowest BCUT2D eigenvalue weighted by Gasteiger charge is -2.37. The molecule has 1 aromatic rings. The van der Waals surface area contributed by atoms with Crippen molar-refractivity contribution in [2.24, 2.45) is 0 Å². The second-order valence-corrected chi connectivity index (χ2v) is 11.2. The van der Waals surface area contributed by atoms with E-state index in [1.807, 2.05) is 13.8 Å². The minimum atomic E-state index is -3.51. The van der Waals surface area contributed by atoms with Crippen molar-refractivity contribution in [1.82, 2.24) is 14.3 Å². The summed E-state index contributed by atoms with van der Waals surface area (Å²) in [5.41, 5.74) is 0. The van der Waals surface area contributed by atoms with Gasteiger partial charge >= 0.3 is 0 Å². The van der Waals surface area contributed by atoms with Crippen molar-refractivity contribution in [3.63, 3.8) is 0 Å².